The maximum absolute atomic E-state index is 12.7. The topological polar surface area (TPSA) is 118 Å². The number of rotatable bonds is 4. The van der Waals surface area contributed by atoms with Crippen molar-refractivity contribution in [1.82, 2.24) is 15.3 Å². The van der Waals surface area contributed by atoms with Gasteiger partial charge in [-0.1, -0.05) is 30.0 Å². The zero-order valence-electron chi connectivity index (χ0n) is 14.9. The van der Waals surface area contributed by atoms with Crippen molar-refractivity contribution in [1.29, 1.82) is 0 Å². The number of nitrogens with zero attached hydrogens (tertiary/aromatic N) is 1. The molecule has 3 amide bonds. The minimum atomic E-state index is -0.907. The standard InChI is InChI=1S/C19H18N4O3S2/c20-18(26)21-14(24)9-28-19-22-16(25)15-13(8-27-17(15)23-19)12-6-5-10-3-1-2-4-11(10)7-12/h5-8H,1-4,9H2,(H,22,23,25)(H3,20,21,24,26). The third-order valence-electron chi connectivity index (χ3n) is 4.68. The molecule has 0 unspecified atom stereocenters. The van der Waals surface area contributed by atoms with Crippen LogP contribution in [0.25, 0.3) is 21.3 Å². The van der Waals surface area contributed by atoms with E-state index in [1.54, 1.807) is 0 Å². The van der Waals surface area contributed by atoms with Gasteiger partial charge in [0.2, 0.25) is 5.91 Å². The second-order valence-corrected chi connectivity index (χ2v) is 8.41. The molecule has 9 heteroatoms. The van der Waals surface area contributed by atoms with Gasteiger partial charge in [0.05, 0.1) is 11.1 Å². The monoisotopic (exact) mass is 414 g/mol. The molecule has 0 aliphatic heterocycles. The summed E-state index contributed by atoms with van der Waals surface area (Å²) in [6.45, 7) is 0. The molecule has 4 rings (SSSR count). The van der Waals surface area contributed by atoms with Gasteiger partial charge >= 0.3 is 6.03 Å². The molecular weight excluding hydrogens is 396 g/mol. The van der Waals surface area contributed by atoms with E-state index in [1.807, 2.05) is 10.7 Å². The van der Waals surface area contributed by atoms with Crippen LogP contribution in [0.5, 0.6) is 0 Å². The van der Waals surface area contributed by atoms with Gasteiger partial charge in [0, 0.05) is 10.9 Å². The van der Waals surface area contributed by atoms with Crippen LogP contribution >= 0.6 is 23.1 Å². The lowest BCUT2D eigenvalue weighted by Gasteiger charge is -2.16. The van der Waals surface area contributed by atoms with E-state index in [-0.39, 0.29) is 11.3 Å². The quantitative estimate of drug-likeness (QED) is 0.448. The lowest BCUT2D eigenvalue weighted by molar-refractivity contribution is -0.117. The van der Waals surface area contributed by atoms with Gasteiger partial charge < -0.3 is 10.7 Å². The Morgan fingerprint density at radius 2 is 2.04 bits per heavy atom. The number of nitrogens with one attached hydrogen (secondary N) is 2. The number of thioether (sulfide) groups is 1. The highest BCUT2D eigenvalue weighted by atomic mass is 32.2. The number of aromatic nitrogens is 2. The first-order valence-corrected chi connectivity index (χ1v) is 10.7. The highest BCUT2D eigenvalue weighted by Gasteiger charge is 2.16. The fraction of sp³-hybridized carbons (Fsp3) is 0.263. The minimum Gasteiger partial charge on any atom is -0.351 e. The van der Waals surface area contributed by atoms with Crippen molar-refractivity contribution in [3.63, 3.8) is 0 Å². The number of hydrogen-bond acceptors (Lipinski definition) is 6. The zero-order chi connectivity index (χ0) is 19.7. The molecule has 4 N–H and O–H groups in total. The molecule has 3 aromatic rings. The first-order valence-electron chi connectivity index (χ1n) is 8.87. The average molecular weight is 415 g/mol. The Morgan fingerprint density at radius 3 is 2.82 bits per heavy atom. The van der Waals surface area contributed by atoms with Gasteiger partial charge in [-0.25, -0.2) is 9.78 Å². The average Bonchev–Trinajstić information content (AvgIpc) is 3.10. The molecule has 0 fully saturated rings. The van der Waals surface area contributed by atoms with Crippen LogP contribution in [0, 0.1) is 0 Å². The molecule has 28 heavy (non-hydrogen) atoms. The maximum Gasteiger partial charge on any atom is 0.318 e. The van der Waals surface area contributed by atoms with Crippen LogP contribution in [0.2, 0.25) is 0 Å². The second kappa shape index (κ2) is 7.76. The highest BCUT2D eigenvalue weighted by molar-refractivity contribution is 7.99. The van der Waals surface area contributed by atoms with Crippen LogP contribution in [0.1, 0.15) is 24.0 Å². The molecule has 2 heterocycles. The largest absolute Gasteiger partial charge is 0.351 e. The normalized spacial score (nSPS) is 13.3. The van der Waals surface area contributed by atoms with Crippen LogP contribution in [-0.2, 0) is 17.6 Å². The molecular formula is C19H18N4O3S2. The number of fused-ring (bicyclic) bond motifs is 2. The van der Waals surface area contributed by atoms with Crippen molar-refractivity contribution in [2.75, 3.05) is 5.75 Å². The maximum atomic E-state index is 12.7. The molecule has 1 aliphatic carbocycles. The van der Waals surface area contributed by atoms with E-state index in [2.05, 4.69) is 28.2 Å². The molecule has 0 radical (unpaired) electrons. The summed E-state index contributed by atoms with van der Waals surface area (Å²) < 4.78 is 0. The Balaban J connectivity index is 1.63. The third-order valence-corrected chi connectivity index (χ3v) is 6.43. The van der Waals surface area contributed by atoms with Gasteiger partial charge in [-0.2, -0.15) is 0 Å². The number of nitrogens with two attached hydrogens (primary N) is 1. The molecule has 0 saturated carbocycles. The van der Waals surface area contributed by atoms with E-state index in [0.29, 0.717) is 15.4 Å². The number of H-pyrrole nitrogens is 1. The lowest BCUT2D eigenvalue weighted by Crippen LogP contribution is -2.36. The van der Waals surface area contributed by atoms with Crippen molar-refractivity contribution >= 4 is 45.3 Å². The Morgan fingerprint density at radius 1 is 1.25 bits per heavy atom. The molecule has 0 atom stereocenters. The molecule has 0 spiro atoms. The molecule has 0 saturated heterocycles. The van der Waals surface area contributed by atoms with Crippen LogP contribution in [-0.4, -0.2) is 27.7 Å². The van der Waals surface area contributed by atoms with E-state index in [9.17, 15) is 14.4 Å². The van der Waals surface area contributed by atoms with Gasteiger partial charge in [0.15, 0.2) is 5.16 Å². The molecule has 144 valence electrons. The molecule has 0 bridgehead atoms. The predicted molar refractivity (Wildman–Crippen MR) is 111 cm³/mol. The van der Waals surface area contributed by atoms with Gasteiger partial charge in [0.1, 0.15) is 4.83 Å². The number of carbonyl (C=O) groups excluding carboxylic acids is 2. The number of urea groups is 1. The van der Waals surface area contributed by atoms with E-state index < -0.39 is 11.9 Å². The first-order chi connectivity index (χ1) is 13.5. The van der Waals surface area contributed by atoms with Gasteiger partial charge in [-0.05, 0) is 42.4 Å². The summed E-state index contributed by atoms with van der Waals surface area (Å²) in [5.74, 6) is -0.610. The number of primary amides is 1. The van der Waals surface area contributed by atoms with Gasteiger partial charge in [0.25, 0.3) is 5.56 Å². The van der Waals surface area contributed by atoms with Crippen molar-refractivity contribution in [2.24, 2.45) is 5.73 Å². The van der Waals surface area contributed by atoms with Crippen LogP contribution in [0.3, 0.4) is 0 Å². The fourth-order valence-corrected chi connectivity index (χ4v) is 5.08. The minimum absolute atomic E-state index is 0.0690. The van der Waals surface area contributed by atoms with E-state index in [4.69, 9.17) is 5.73 Å². The summed E-state index contributed by atoms with van der Waals surface area (Å²) in [6, 6.07) is 5.51. The van der Waals surface area contributed by atoms with E-state index >= 15 is 0 Å². The predicted octanol–water partition coefficient (Wildman–Crippen LogP) is 2.82. The Bertz CT molecular complexity index is 1140. The number of aryl methyl sites for hydroxylation is 2. The van der Waals surface area contributed by atoms with Crippen molar-refractivity contribution < 1.29 is 9.59 Å². The Labute approximate surface area is 168 Å². The summed E-state index contributed by atoms with van der Waals surface area (Å²) in [5, 5.41) is 4.82. The second-order valence-electron chi connectivity index (χ2n) is 6.59. The number of thiophene rings is 1. The number of aromatic amines is 1. The van der Waals surface area contributed by atoms with Crippen LogP contribution < -0.4 is 16.6 Å². The smallest absolute Gasteiger partial charge is 0.318 e. The number of amides is 3. The van der Waals surface area contributed by atoms with Gasteiger partial charge in [-0.3, -0.25) is 14.9 Å². The highest BCUT2D eigenvalue weighted by Crippen LogP contribution is 2.34. The van der Waals surface area contributed by atoms with E-state index in [0.717, 1.165) is 35.7 Å². The summed E-state index contributed by atoms with van der Waals surface area (Å²) in [7, 11) is 0. The van der Waals surface area contributed by atoms with Gasteiger partial charge in [-0.15, -0.1) is 11.3 Å². The van der Waals surface area contributed by atoms with Crippen molar-refractivity contribution in [3.05, 3.63) is 45.1 Å². The number of hydrogen-bond donors (Lipinski definition) is 3. The Hall–Kier alpha value is -2.65. The molecule has 1 aromatic carbocycles. The number of carbonyl (C=O) groups is 2. The molecule has 2 aromatic heterocycles. The van der Waals surface area contributed by atoms with Crippen LogP contribution in [0.4, 0.5) is 4.79 Å². The first kappa shape index (κ1) is 18.7. The zero-order valence-corrected chi connectivity index (χ0v) is 16.5. The number of imide groups is 1. The molecule has 7 nitrogen and oxygen atoms in total. The summed E-state index contributed by atoms with van der Waals surface area (Å²) in [5.41, 5.74) is 9.34. The van der Waals surface area contributed by atoms with Crippen molar-refractivity contribution in [2.45, 2.75) is 30.8 Å². The summed E-state index contributed by atoms with van der Waals surface area (Å²) in [4.78, 5) is 42.7. The van der Waals surface area contributed by atoms with E-state index in [1.165, 1.54) is 35.3 Å². The summed E-state index contributed by atoms with van der Waals surface area (Å²) >= 11 is 2.44. The van der Waals surface area contributed by atoms with Crippen molar-refractivity contribution in [3.8, 4) is 11.1 Å². The lowest BCUT2D eigenvalue weighted by atomic mass is 9.89. The third kappa shape index (κ3) is 3.81. The van der Waals surface area contributed by atoms with Crippen LogP contribution in [0.15, 0.2) is 33.5 Å². The number of benzene rings is 1. The summed E-state index contributed by atoms with van der Waals surface area (Å²) in [6.07, 6.45) is 4.63. The molecule has 1 aliphatic rings. The SMILES string of the molecule is NC(=O)NC(=O)CSc1nc2scc(-c3ccc4c(c3)CCCC4)c2c(=O)[nH]1. The fourth-order valence-electron chi connectivity index (χ4n) is 3.42. The Kier molecular flexibility index (Phi) is 5.19.